The number of benzene rings is 3. The van der Waals surface area contributed by atoms with Crippen LogP contribution in [0.4, 0.5) is 16.2 Å². The van der Waals surface area contributed by atoms with Gasteiger partial charge in [-0.2, -0.15) is 0 Å². The maximum atomic E-state index is 12.5. The maximum absolute atomic E-state index is 12.5. The lowest BCUT2D eigenvalue weighted by Gasteiger charge is -2.16. The minimum Gasteiger partial charge on any atom is -0.497 e. The zero-order valence-electron chi connectivity index (χ0n) is 19.1. The molecule has 3 amide bonds. The molecule has 3 aromatic rings. The fourth-order valence-corrected chi connectivity index (χ4v) is 3.39. The van der Waals surface area contributed by atoms with Gasteiger partial charge >= 0.3 is 6.03 Å². The van der Waals surface area contributed by atoms with Crippen LogP contribution in [0.25, 0.3) is 0 Å². The Morgan fingerprint density at radius 3 is 2.15 bits per heavy atom. The highest BCUT2D eigenvalue weighted by atomic mass is 16.5. The molecule has 0 radical (unpaired) electrons. The highest BCUT2D eigenvalue weighted by Gasteiger charge is 2.12. The van der Waals surface area contributed by atoms with Crippen molar-refractivity contribution in [3.63, 3.8) is 0 Å². The number of rotatable bonds is 9. The van der Waals surface area contributed by atoms with Gasteiger partial charge in [-0.25, -0.2) is 4.79 Å². The Morgan fingerprint density at radius 2 is 1.52 bits per heavy atom. The van der Waals surface area contributed by atoms with Gasteiger partial charge < -0.3 is 25.4 Å². The van der Waals surface area contributed by atoms with Crippen molar-refractivity contribution in [3.05, 3.63) is 83.9 Å². The first kappa shape index (κ1) is 23.7. The standard InChI is InChI=1S/C26H29N3O4/c1-18(27-25(30)16-11-20-17-23(32-2)14-15-24(20)33-3)19-9-12-22(13-10-19)29-26(31)28-21-7-5-4-6-8-21/h4-10,12-15,17-18H,11,16H2,1-3H3,(H,27,30)(H2,28,29,31). The normalized spacial score (nSPS) is 11.2. The number of urea groups is 1. The molecule has 0 bridgehead atoms. The number of carbonyl (C=O) groups is 2. The first-order valence-corrected chi connectivity index (χ1v) is 10.7. The molecule has 172 valence electrons. The van der Waals surface area contributed by atoms with Crippen LogP contribution in [0, 0.1) is 0 Å². The summed E-state index contributed by atoms with van der Waals surface area (Å²) >= 11 is 0. The van der Waals surface area contributed by atoms with Crippen LogP contribution < -0.4 is 25.4 Å². The Hall–Kier alpha value is -4.00. The zero-order chi connectivity index (χ0) is 23.6. The summed E-state index contributed by atoms with van der Waals surface area (Å²) in [6.45, 7) is 1.93. The van der Waals surface area contributed by atoms with Gasteiger partial charge in [0, 0.05) is 17.8 Å². The molecule has 0 aromatic heterocycles. The van der Waals surface area contributed by atoms with Crippen LogP contribution in [0.1, 0.15) is 30.5 Å². The summed E-state index contributed by atoms with van der Waals surface area (Å²) in [6, 6.07) is 21.7. The molecule has 3 rings (SSSR count). The Balaban J connectivity index is 1.50. The molecule has 0 fully saturated rings. The number of methoxy groups -OCH3 is 2. The van der Waals surface area contributed by atoms with Crippen molar-refractivity contribution in [2.24, 2.45) is 0 Å². The smallest absolute Gasteiger partial charge is 0.323 e. The monoisotopic (exact) mass is 447 g/mol. The van der Waals surface area contributed by atoms with Crippen LogP contribution in [0.5, 0.6) is 11.5 Å². The van der Waals surface area contributed by atoms with E-state index >= 15 is 0 Å². The minimum absolute atomic E-state index is 0.0585. The molecule has 0 saturated heterocycles. The second-order valence-corrected chi connectivity index (χ2v) is 7.53. The average molecular weight is 448 g/mol. The molecule has 7 heteroatoms. The molecule has 33 heavy (non-hydrogen) atoms. The Labute approximate surface area is 194 Å². The summed E-state index contributed by atoms with van der Waals surface area (Å²) < 4.78 is 10.6. The van der Waals surface area contributed by atoms with Gasteiger partial charge in [0.25, 0.3) is 0 Å². The molecule has 0 heterocycles. The Kier molecular flexibility index (Phi) is 8.30. The number of carbonyl (C=O) groups excluding carboxylic acids is 2. The van der Waals surface area contributed by atoms with Crippen molar-refractivity contribution in [1.82, 2.24) is 5.32 Å². The van der Waals surface area contributed by atoms with Gasteiger partial charge in [-0.05, 0) is 66.9 Å². The van der Waals surface area contributed by atoms with E-state index in [0.717, 1.165) is 28.3 Å². The van der Waals surface area contributed by atoms with E-state index in [9.17, 15) is 9.59 Å². The predicted octanol–water partition coefficient (Wildman–Crippen LogP) is 5.16. The van der Waals surface area contributed by atoms with E-state index in [0.29, 0.717) is 18.5 Å². The number of amides is 3. The molecular weight excluding hydrogens is 418 g/mol. The van der Waals surface area contributed by atoms with E-state index in [2.05, 4.69) is 16.0 Å². The lowest BCUT2D eigenvalue weighted by molar-refractivity contribution is -0.121. The van der Waals surface area contributed by atoms with E-state index in [4.69, 9.17) is 9.47 Å². The molecule has 7 nitrogen and oxygen atoms in total. The van der Waals surface area contributed by atoms with Gasteiger partial charge in [-0.3, -0.25) is 4.79 Å². The number of ether oxygens (including phenoxy) is 2. The van der Waals surface area contributed by atoms with Crippen molar-refractivity contribution >= 4 is 23.3 Å². The molecule has 3 aromatic carbocycles. The highest BCUT2D eigenvalue weighted by molar-refractivity contribution is 5.99. The van der Waals surface area contributed by atoms with E-state index < -0.39 is 0 Å². The van der Waals surface area contributed by atoms with Crippen LogP contribution in [0.15, 0.2) is 72.8 Å². The number of para-hydroxylation sites is 1. The lowest BCUT2D eigenvalue weighted by Crippen LogP contribution is -2.26. The second-order valence-electron chi connectivity index (χ2n) is 7.53. The largest absolute Gasteiger partial charge is 0.497 e. The van der Waals surface area contributed by atoms with E-state index in [1.807, 2.05) is 79.7 Å². The Morgan fingerprint density at radius 1 is 0.848 bits per heavy atom. The van der Waals surface area contributed by atoms with Crippen LogP contribution in [-0.4, -0.2) is 26.2 Å². The van der Waals surface area contributed by atoms with Crippen molar-refractivity contribution in [3.8, 4) is 11.5 Å². The summed E-state index contributed by atoms with van der Waals surface area (Å²) in [7, 11) is 3.22. The van der Waals surface area contributed by atoms with Crippen LogP contribution in [0.3, 0.4) is 0 Å². The van der Waals surface area contributed by atoms with E-state index in [1.165, 1.54) is 0 Å². The van der Waals surface area contributed by atoms with Gasteiger partial charge in [0.2, 0.25) is 5.91 Å². The molecular formula is C26H29N3O4. The number of hydrogen-bond acceptors (Lipinski definition) is 4. The van der Waals surface area contributed by atoms with Gasteiger partial charge in [0.15, 0.2) is 0 Å². The summed E-state index contributed by atoms with van der Waals surface area (Å²) in [5.41, 5.74) is 3.24. The van der Waals surface area contributed by atoms with Crippen LogP contribution >= 0.6 is 0 Å². The molecule has 0 saturated carbocycles. The summed E-state index contributed by atoms with van der Waals surface area (Å²) in [4.78, 5) is 24.6. The van der Waals surface area contributed by atoms with Crippen LogP contribution in [0.2, 0.25) is 0 Å². The van der Waals surface area contributed by atoms with Gasteiger partial charge in [0.05, 0.1) is 20.3 Å². The molecule has 1 unspecified atom stereocenters. The number of aryl methyl sites for hydroxylation is 1. The first-order chi connectivity index (χ1) is 16.0. The maximum Gasteiger partial charge on any atom is 0.323 e. The van der Waals surface area contributed by atoms with E-state index in [-0.39, 0.29) is 18.0 Å². The fraction of sp³-hybridized carbons (Fsp3) is 0.231. The third-order valence-corrected chi connectivity index (χ3v) is 5.19. The van der Waals surface area contributed by atoms with Crippen molar-refractivity contribution in [2.45, 2.75) is 25.8 Å². The fourth-order valence-electron chi connectivity index (χ4n) is 3.39. The number of hydrogen-bond donors (Lipinski definition) is 3. The molecule has 3 N–H and O–H groups in total. The highest BCUT2D eigenvalue weighted by Crippen LogP contribution is 2.25. The number of anilines is 2. The van der Waals surface area contributed by atoms with Gasteiger partial charge in [0.1, 0.15) is 11.5 Å². The average Bonchev–Trinajstić information content (AvgIpc) is 2.83. The van der Waals surface area contributed by atoms with Gasteiger partial charge in [-0.15, -0.1) is 0 Å². The van der Waals surface area contributed by atoms with Gasteiger partial charge in [-0.1, -0.05) is 30.3 Å². The van der Waals surface area contributed by atoms with Crippen molar-refractivity contribution < 1.29 is 19.1 Å². The predicted molar refractivity (Wildman–Crippen MR) is 130 cm³/mol. The quantitative estimate of drug-likeness (QED) is 0.423. The van der Waals surface area contributed by atoms with Crippen molar-refractivity contribution in [2.75, 3.05) is 24.9 Å². The molecule has 0 aliphatic carbocycles. The second kappa shape index (κ2) is 11.6. The minimum atomic E-state index is -0.316. The zero-order valence-corrected chi connectivity index (χ0v) is 19.1. The summed E-state index contributed by atoms with van der Waals surface area (Å²) in [5.74, 6) is 1.40. The third kappa shape index (κ3) is 7.00. The molecule has 1 atom stereocenters. The molecule has 0 aliphatic heterocycles. The van der Waals surface area contributed by atoms with E-state index in [1.54, 1.807) is 14.2 Å². The van der Waals surface area contributed by atoms with Crippen LogP contribution in [-0.2, 0) is 11.2 Å². The third-order valence-electron chi connectivity index (χ3n) is 5.19. The van der Waals surface area contributed by atoms with Crippen molar-refractivity contribution in [1.29, 1.82) is 0 Å². The SMILES string of the molecule is COc1ccc(OC)c(CCC(=O)NC(C)c2ccc(NC(=O)Nc3ccccc3)cc2)c1. The lowest BCUT2D eigenvalue weighted by atomic mass is 10.1. The number of nitrogens with one attached hydrogen (secondary N) is 3. The topological polar surface area (TPSA) is 88.7 Å². The summed E-state index contributed by atoms with van der Waals surface area (Å²) in [5, 5.41) is 8.58. The first-order valence-electron chi connectivity index (χ1n) is 10.7. The summed E-state index contributed by atoms with van der Waals surface area (Å²) in [6.07, 6.45) is 0.867. The Bertz CT molecular complexity index is 1070. The molecule has 0 aliphatic rings. The molecule has 0 spiro atoms.